The van der Waals surface area contributed by atoms with Gasteiger partial charge in [0, 0.05) is 49.3 Å². The number of nitrogens with one attached hydrogen (secondary N) is 3. The van der Waals surface area contributed by atoms with Crippen molar-refractivity contribution >= 4 is 28.5 Å². The molecule has 0 radical (unpaired) electrons. The maximum Gasteiger partial charge on any atom is 0.257 e. The molecule has 2 aromatic carbocycles. The largest absolute Gasteiger partial charge is 0.384 e. The Hall–Kier alpha value is -2.90. The van der Waals surface area contributed by atoms with Gasteiger partial charge in [0.1, 0.15) is 5.82 Å². The zero-order valence-electron chi connectivity index (χ0n) is 15.5. The summed E-state index contributed by atoms with van der Waals surface area (Å²) in [7, 11) is 0. The van der Waals surface area contributed by atoms with Gasteiger partial charge in [-0.2, -0.15) is 0 Å². The Morgan fingerprint density at radius 3 is 2.64 bits per heavy atom. The van der Waals surface area contributed by atoms with E-state index in [1.807, 2.05) is 24.3 Å². The molecule has 0 bridgehead atoms. The van der Waals surface area contributed by atoms with Gasteiger partial charge in [-0.3, -0.25) is 9.69 Å². The predicted molar refractivity (Wildman–Crippen MR) is 109 cm³/mol. The van der Waals surface area contributed by atoms with Crippen LogP contribution in [0.1, 0.15) is 5.56 Å². The second-order valence-electron chi connectivity index (χ2n) is 6.80. The topological polar surface area (TPSA) is 65.6 Å². The molecule has 0 saturated carbocycles. The van der Waals surface area contributed by atoms with E-state index in [0.717, 1.165) is 50.8 Å². The van der Waals surface area contributed by atoms with Crippen molar-refractivity contribution in [3.05, 3.63) is 60.0 Å². The average molecular weight is 382 g/mol. The summed E-state index contributed by atoms with van der Waals surface area (Å²) in [6, 6.07) is 12.2. The van der Waals surface area contributed by atoms with Crippen LogP contribution in [0.15, 0.2) is 48.7 Å². The number of morpholine rings is 1. The molecule has 2 aliphatic rings. The molecule has 2 heterocycles. The number of fused-ring (bicyclic) bond motifs is 1. The standard InChI is InChI=1S/C21H23FN4O2/c22-15-1-6-18-19(21(27)25-20(18)13-15)14-24-17-4-2-16(3-5-17)23-7-8-26-9-11-28-12-10-26/h1-6,13-14,23-24H,7-12H2,(H,25,27)/b19-14+. The smallest absolute Gasteiger partial charge is 0.257 e. The number of ether oxygens (including phenoxy) is 1. The third-order valence-corrected chi connectivity index (χ3v) is 4.89. The third kappa shape index (κ3) is 4.32. The Morgan fingerprint density at radius 2 is 1.86 bits per heavy atom. The third-order valence-electron chi connectivity index (χ3n) is 4.89. The highest BCUT2D eigenvalue weighted by Gasteiger charge is 2.24. The fourth-order valence-corrected chi connectivity index (χ4v) is 3.33. The first kappa shape index (κ1) is 18.5. The van der Waals surface area contributed by atoms with Crippen LogP contribution in [-0.2, 0) is 9.53 Å². The Kier molecular flexibility index (Phi) is 5.55. The second-order valence-corrected chi connectivity index (χ2v) is 6.80. The van der Waals surface area contributed by atoms with E-state index in [-0.39, 0.29) is 11.7 Å². The molecule has 2 aromatic rings. The van der Waals surface area contributed by atoms with E-state index in [9.17, 15) is 9.18 Å². The van der Waals surface area contributed by atoms with E-state index in [2.05, 4.69) is 20.9 Å². The van der Waals surface area contributed by atoms with Crippen LogP contribution in [0, 0.1) is 5.82 Å². The van der Waals surface area contributed by atoms with Gasteiger partial charge >= 0.3 is 0 Å². The second kappa shape index (κ2) is 8.41. The van der Waals surface area contributed by atoms with Gasteiger partial charge in [-0.1, -0.05) is 0 Å². The number of benzene rings is 2. The van der Waals surface area contributed by atoms with E-state index < -0.39 is 0 Å². The lowest BCUT2D eigenvalue weighted by Gasteiger charge is -2.26. The average Bonchev–Trinajstić information content (AvgIpc) is 3.02. The number of hydrogen-bond acceptors (Lipinski definition) is 5. The number of hydrogen-bond donors (Lipinski definition) is 3. The highest BCUT2D eigenvalue weighted by molar-refractivity contribution is 6.31. The lowest BCUT2D eigenvalue weighted by Crippen LogP contribution is -2.38. The first-order chi connectivity index (χ1) is 13.7. The molecule has 0 aliphatic carbocycles. The van der Waals surface area contributed by atoms with Crippen LogP contribution >= 0.6 is 0 Å². The van der Waals surface area contributed by atoms with Gasteiger partial charge in [0.05, 0.1) is 24.5 Å². The zero-order chi connectivity index (χ0) is 19.3. The van der Waals surface area contributed by atoms with E-state index >= 15 is 0 Å². The Morgan fingerprint density at radius 1 is 1.11 bits per heavy atom. The first-order valence-electron chi connectivity index (χ1n) is 9.41. The predicted octanol–water partition coefficient (Wildman–Crippen LogP) is 2.97. The maximum absolute atomic E-state index is 13.3. The number of halogens is 1. The lowest BCUT2D eigenvalue weighted by atomic mass is 10.1. The normalized spacial score (nSPS) is 18.0. The Balaban J connectivity index is 1.32. The molecule has 6 nitrogen and oxygen atoms in total. The minimum atomic E-state index is -0.370. The van der Waals surface area contributed by atoms with Crippen LogP contribution in [0.25, 0.3) is 5.57 Å². The highest BCUT2D eigenvalue weighted by Crippen LogP contribution is 2.32. The molecule has 28 heavy (non-hydrogen) atoms. The van der Waals surface area contributed by atoms with Crippen molar-refractivity contribution in [2.75, 3.05) is 55.3 Å². The van der Waals surface area contributed by atoms with Crippen molar-refractivity contribution in [2.24, 2.45) is 0 Å². The molecular weight excluding hydrogens is 359 g/mol. The van der Waals surface area contributed by atoms with Crippen molar-refractivity contribution in [2.45, 2.75) is 0 Å². The fraction of sp³-hybridized carbons (Fsp3) is 0.286. The minimum absolute atomic E-state index is 0.241. The van der Waals surface area contributed by atoms with Crippen LogP contribution in [0.3, 0.4) is 0 Å². The molecule has 0 spiro atoms. The van der Waals surface area contributed by atoms with Gasteiger partial charge in [-0.25, -0.2) is 4.39 Å². The number of anilines is 3. The molecule has 0 aromatic heterocycles. The number of carbonyl (C=O) groups is 1. The zero-order valence-corrected chi connectivity index (χ0v) is 15.5. The quantitative estimate of drug-likeness (QED) is 0.671. The summed E-state index contributed by atoms with van der Waals surface area (Å²) >= 11 is 0. The van der Waals surface area contributed by atoms with Crippen molar-refractivity contribution in [3.63, 3.8) is 0 Å². The lowest BCUT2D eigenvalue weighted by molar-refractivity contribution is -0.110. The Bertz CT molecular complexity index is 876. The van der Waals surface area contributed by atoms with Crippen LogP contribution in [0.4, 0.5) is 21.5 Å². The molecule has 7 heteroatoms. The maximum atomic E-state index is 13.3. The minimum Gasteiger partial charge on any atom is -0.384 e. The molecule has 4 rings (SSSR count). The Labute approximate surface area is 163 Å². The van der Waals surface area contributed by atoms with Crippen molar-refractivity contribution in [1.29, 1.82) is 0 Å². The van der Waals surface area contributed by atoms with Crippen LogP contribution in [0.5, 0.6) is 0 Å². The van der Waals surface area contributed by atoms with Gasteiger partial charge in [-0.05, 0) is 42.5 Å². The number of carbonyl (C=O) groups excluding carboxylic acids is 1. The van der Waals surface area contributed by atoms with Crippen LogP contribution in [0.2, 0.25) is 0 Å². The molecule has 0 atom stereocenters. The summed E-state index contributed by atoms with van der Waals surface area (Å²) in [6.45, 7) is 5.47. The van der Waals surface area contributed by atoms with E-state index in [4.69, 9.17) is 4.74 Å². The van der Waals surface area contributed by atoms with Gasteiger partial charge in [0.25, 0.3) is 5.91 Å². The number of nitrogens with zero attached hydrogens (tertiary/aromatic N) is 1. The van der Waals surface area contributed by atoms with Crippen molar-refractivity contribution in [3.8, 4) is 0 Å². The van der Waals surface area contributed by atoms with E-state index in [1.54, 1.807) is 12.3 Å². The summed E-state index contributed by atoms with van der Waals surface area (Å²) in [5.41, 5.74) is 3.60. The van der Waals surface area contributed by atoms with Crippen molar-refractivity contribution in [1.82, 2.24) is 4.90 Å². The van der Waals surface area contributed by atoms with Gasteiger partial charge in [-0.15, -0.1) is 0 Å². The summed E-state index contributed by atoms with van der Waals surface area (Å²) in [6.07, 6.45) is 1.65. The summed E-state index contributed by atoms with van der Waals surface area (Å²) in [5.74, 6) is -0.612. The van der Waals surface area contributed by atoms with Crippen LogP contribution < -0.4 is 16.0 Å². The monoisotopic (exact) mass is 382 g/mol. The fourth-order valence-electron chi connectivity index (χ4n) is 3.33. The number of amides is 1. The summed E-state index contributed by atoms with van der Waals surface area (Å²) in [4.78, 5) is 14.5. The highest BCUT2D eigenvalue weighted by atomic mass is 19.1. The number of rotatable bonds is 6. The molecule has 146 valence electrons. The molecule has 1 amide bonds. The van der Waals surface area contributed by atoms with E-state index in [1.165, 1.54) is 12.1 Å². The summed E-state index contributed by atoms with van der Waals surface area (Å²) < 4.78 is 18.7. The summed E-state index contributed by atoms with van der Waals surface area (Å²) in [5, 5.41) is 9.23. The molecule has 1 saturated heterocycles. The molecule has 3 N–H and O–H groups in total. The van der Waals surface area contributed by atoms with Crippen LogP contribution in [-0.4, -0.2) is 50.2 Å². The van der Waals surface area contributed by atoms with Gasteiger partial charge in [0.15, 0.2) is 0 Å². The molecule has 2 aliphatic heterocycles. The van der Waals surface area contributed by atoms with Gasteiger partial charge < -0.3 is 20.7 Å². The van der Waals surface area contributed by atoms with Crippen molar-refractivity contribution < 1.29 is 13.9 Å². The van der Waals surface area contributed by atoms with Gasteiger partial charge in [0.2, 0.25) is 0 Å². The molecular formula is C21H23FN4O2. The SMILES string of the molecule is O=C1Nc2cc(F)ccc2/C1=C\Nc1ccc(NCCN2CCOCC2)cc1. The van der Waals surface area contributed by atoms with E-state index in [0.29, 0.717) is 16.8 Å². The first-order valence-corrected chi connectivity index (χ1v) is 9.41. The molecule has 0 unspecified atom stereocenters. The molecule has 1 fully saturated rings.